The summed E-state index contributed by atoms with van der Waals surface area (Å²) in [5.74, 6) is 1.23. The molecule has 4 unspecified atom stereocenters. The molecule has 3 fully saturated rings. The molecule has 0 spiro atoms. The molecule has 3 N–H and O–H groups in total. The molecule has 2 aromatic carbocycles. The van der Waals surface area contributed by atoms with Crippen LogP contribution in [-0.2, 0) is 18.4 Å². The lowest BCUT2D eigenvalue weighted by Gasteiger charge is -2.38. The molecule has 1 saturated carbocycles. The number of fused-ring (bicyclic) bond motifs is 2. The number of aryl methyl sites for hydroxylation is 1. The summed E-state index contributed by atoms with van der Waals surface area (Å²) in [5, 5.41) is 9.01. The standard InChI is InChI=1S/C30H39FN6O2/c1-18-11-22(16-37(14-18)17-24-25(31)5-4-6-28(24)39-3)32-30(38)20-8-10-27-23(13-20)29(34-33-27)19-7-9-26-21(12-19)15-36(2)35-26/h4-7,9,12,15,18,20,22-23,27,29,33-34H,8,10-11,13-14,16-17H2,1-3H3,(H,32,38)/t18-,20?,22+,23?,27?,29?/m0/s1. The van der Waals surface area contributed by atoms with E-state index in [2.05, 4.69) is 51.3 Å². The number of likely N-dealkylation sites (tertiary alicyclic amines) is 1. The molecule has 8 nitrogen and oxygen atoms in total. The predicted molar refractivity (Wildman–Crippen MR) is 148 cm³/mol. The van der Waals surface area contributed by atoms with Gasteiger partial charge >= 0.3 is 0 Å². The summed E-state index contributed by atoms with van der Waals surface area (Å²) in [6, 6.07) is 12.0. The van der Waals surface area contributed by atoms with Crippen molar-refractivity contribution in [3.63, 3.8) is 0 Å². The van der Waals surface area contributed by atoms with Gasteiger partial charge in [-0.2, -0.15) is 5.10 Å². The SMILES string of the molecule is COc1cccc(F)c1CN1C[C@@H](C)C[C@@H](NC(=O)C2CCC3NNC(c4ccc5nn(C)cc5c4)C3C2)C1. The lowest BCUT2D eigenvalue weighted by molar-refractivity contribution is -0.127. The Labute approximate surface area is 229 Å². The van der Waals surface area contributed by atoms with Gasteiger partial charge in [0.05, 0.1) is 18.7 Å². The highest BCUT2D eigenvalue weighted by molar-refractivity contribution is 5.80. The Morgan fingerprint density at radius 3 is 2.90 bits per heavy atom. The van der Waals surface area contributed by atoms with Crippen LogP contribution >= 0.6 is 0 Å². The molecular weight excluding hydrogens is 495 g/mol. The van der Waals surface area contributed by atoms with Crippen LogP contribution in [-0.4, -0.2) is 52.9 Å². The van der Waals surface area contributed by atoms with E-state index in [4.69, 9.17) is 4.74 Å². The Morgan fingerprint density at radius 1 is 1.18 bits per heavy atom. The van der Waals surface area contributed by atoms with Crippen molar-refractivity contribution < 1.29 is 13.9 Å². The number of nitrogens with one attached hydrogen (secondary N) is 3. The molecule has 2 saturated heterocycles. The van der Waals surface area contributed by atoms with E-state index in [-0.39, 0.29) is 29.7 Å². The van der Waals surface area contributed by atoms with Crippen LogP contribution in [0.1, 0.15) is 49.8 Å². The van der Waals surface area contributed by atoms with Crippen molar-refractivity contribution in [2.45, 2.75) is 57.3 Å². The molecule has 6 atom stereocenters. The number of amides is 1. The van der Waals surface area contributed by atoms with Crippen LogP contribution in [0.25, 0.3) is 10.9 Å². The van der Waals surface area contributed by atoms with E-state index in [1.165, 1.54) is 11.6 Å². The maximum Gasteiger partial charge on any atom is 0.223 e. The number of benzene rings is 2. The van der Waals surface area contributed by atoms with E-state index >= 15 is 0 Å². The summed E-state index contributed by atoms with van der Waals surface area (Å²) in [5.41, 5.74) is 9.82. The zero-order valence-corrected chi connectivity index (χ0v) is 23.0. The number of ether oxygens (including phenoxy) is 1. The van der Waals surface area contributed by atoms with Crippen molar-refractivity contribution in [3.8, 4) is 5.75 Å². The molecule has 6 rings (SSSR count). The zero-order chi connectivity index (χ0) is 27.1. The third-order valence-corrected chi connectivity index (χ3v) is 8.88. The number of hydrazine groups is 1. The third kappa shape index (κ3) is 5.40. The van der Waals surface area contributed by atoms with Gasteiger partial charge in [-0.05, 0) is 67.3 Å². The van der Waals surface area contributed by atoms with Gasteiger partial charge in [-0.3, -0.25) is 19.8 Å². The monoisotopic (exact) mass is 534 g/mol. The van der Waals surface area contributed by atoms with E-state index in [9.17, 15) is 9.18 Å². The van der Waals surface area contributed by atoms with Crippen molar-refractivity contribution in [1.82, 2.24) is 30.8 Å². The fourth-order valence-corrected chi connectivity index (χ4v) is 7.11. The second kappa shape index (κ2) is 10.9. The molecule has 0 radical (unpaired) electrons. The van der Waals surface area contributed by atoms with Gasteiger partial charge in [0.15, 0.2) is 0 Å². The molecular formula is C30H39FN6O2. The molecule has 3 aromatic rings. The molecule has 2 aliphatic heterocycles. The van der Waals surface area contributed by atoms with E-state index in [0.717, 1.165) is 43.1 Å². The molecule has 208 valence electrons. The molecule has 0 bridgehead atoms. The summed E-state index contributed by atoms with van der Waals surface area (Å²) in [4.78, 5) is 15.8. The van der Waals surface area contributed by atoms with Crippen LogP contribution in [0.2, 0.25) is 0 Å². The topological polar surface area (TPSA) is 83.4 Å². The summed E-state index contributed by atoms with van der Waals surface area (Å²) in [7, 11) is 3.52. The Morgan fingerprint density at radius 2 is 2.05 bits per heavy atom. The van der Waals surface area contributed by atoms with Gasteiger partial charge in [0, 0.05) is 61.8 Å². The van der Waals surface area contributed by atoms with E-state index in [1.807, 2.05) is 17.9 Å². The highest BCUT2D eigenvalue weighted by atomic mass is 19.1. The minimum atomic E-state index is -0.249. The van der Waals surface area contributed by atoms with Gasteiger partial charge in [-0.25, -0.2) is 9.82 Å². The van der Waals surface area contributed by atoms with Crippen LogP contribution in [0.3, 0.4) is 0 Å². The lowest BCUT2D eigenvalue weighted by Crippen LogP contribution is -2.52. The summed E-state index contributed by atoms with van der Waals surface area (Å²) >= 11 is 0. The second-order valence-corrected chi connectivity index (χ2v) is 11.8. The number of aromatic nitrogens is 2. The van der Waals surface area contributed by atoms with Crippen molar-refractivity contribution in [2.24, 2.45) is 24.8 Å². The van der Waals surface area contributed by atoms with Crippen molar-refractivity contribution in [1.29, 1.82) is 0 Å². The average molecular weight is 535 g/mol. The molecule has 1 aromatic heterocycles. The average Bonchev–Trinajstić information content (AvgIpc) is 3.51. The molecule has 39 heavy (non-hydrogen) atoms. The number of hydrogen-bond acceptors (Lipinski definition) is 6. The molecule has 1 amide bonds. The first kappa shape index (κ1) is 26.2. The number of carbonyl (C=O) groups is 1. The van der Waals surface area contributed by atoms with Crippen LogP contribution < -0.4 is 20.9 Å². The molecule has 3 aliphatic rings. The number of halogens is 1. The van der Waals surface area contributed by atoms with Gasteiger partial charge in [0.1, 0.15) is 11.6 Å². The van der Waals surface area contributed by atoms with Crippen molar-refractivity contribution in [2.75, 3.05) is 20.2 Å². The molecule has 9 heteroatoms. The highest BCUT2D eigenvalue weighted by Crippen LogP contribution is 2.41. The third-order valence-electron chi connectivity index (χ3n) is 8.88. The van der Waals surface area contributed by atoms with Crippen molar-refractivity contribution in [3.05, 3.63) is 59.5 Å². The van der Waals surface area contributed by atoms with E-state index in [0.29, 0.717) is 42.3 Å². The minimum Gasteiger partial charge on any atom is -0.496 e. The molecule has 1 aliphatic carbocycles. The van der Waals surface area contributed by atoms with Crippen LogP contribution in [0.15, 0.2) is 42.6 Å². The zero-order valence-electron chi connectivity index (χ0n) is 23.0. The first-order valence-corrected chi connectivity index (χ1v) is 14.2. The first-order valence-electron chi connectivity index (χ1n) is 14.2. The van der Waals surface area contributed by atoms with Gasteiger partial charge < -0.3 is 10.1 Å². The summed E-state index contributed by atoms with van der Waals surface area (Å²) in [6.45, 7) is 4.26. The second-order valence-electron chi connectivity index (χ2n) is 11.8. The Kier molecular flexibility index (Phi) is 7.31. The van der Waals surface area contributed by atoms with Gasteiger partial charge in [0.2, 0.25) is 5.91 Å². The normalized spacial score (nSPS) is 29.3. The quantitative estimate of drug-likeness (QED) is 0.448. The van der Waals surface area contributed by atoms with Crippen LogP contribution in [0.5, 0.6) is 5.75 Å². The van der Waals surface area contributed by atoms with Crippen molar-refractivity contribution >= 4 is 16.8 Å². The van der Waals surface area contributed by atoms with Crippen LogP contribution in [0.4, 0.5) is 4.39 Å². The summed E-state index contributed by atoms with van der Waals surface area (Å²) < 4.78 is 21.8. The maximum atomic E-state index is 14.6. The lowest BCUT2D eigenvalue weighted by atomic mass is 9.74. The Hall–Kier alpha value is -3.01. The van der Waals surface area contributed by atoms with Gasteiger partial charge in [-0.15, -0.1) is 0 Å². The van der Waals surface area contributed by atoms with Crippen LogP contribution in [0, 0.1) is 23.6 Å². The first-order chi connectivity index (χ1) is 18.9. The number of methoxy groups -OCH3 is 1. The number of carbonyl (C=O) groups excluding carboxylic acids is 1. The molecule has 3 heterocycles. The Balaban J connectivity index is 1.10. The minimum absolute atomic E-state index is 0.00471. The fourth-order valence-electron chi connectivity index (χ4n) is 7.11. The number of nitrogens with zero attached hydrogens (tertiary/aromatic N) is 3. The highest BCUT2D eigenvalue weighted by Gasteiger charge is 2.43. The van der Waals surface area contributed by atoms with Gasteiger partial charge in [0.25, 0.3) is 0 Å². The number of piperidine rings is 1. The Bertz CT molecular complexity index is 1340. The summed E-state index contributed by atoms with van der Waals surface area (Å²) in [6.07, 6.45) is 5.69. The van der Waals surface area contributed by atoms with Gasteiger partial charge in [-0.1, -0.05) is 19.1 Å². The maximum absolute atomic E-state index is 14.6. The van der Waals surface area contributed by atoms with E-state index < -0.39 is 0 Å². The predicted octanol–water partition coefficient (Wildman–Crippen LogP) is 3.68. The number of hydrogen-bond donors (Lipinski definition) is 3. The fraction of sp³-hybridized carbons (Fsp3) is 0.533. The van der Waals surface area contributed by atoms with E-state index in [1.54, 1.807) is 19.2 Å². The largest absolute Gasteiger partial charge is 0.496 e. The number of rotatable bonds is 6. The smallest absolute Gasteiger partial charge is 0.223 e.